The molecule has 6 nitrogen and oxygen atoms in total. The lowest BCUT2D eigenvalue weighted by Crippen LogP contribution is -2.46. The molecular formula is C16H22N2O4. The van der Waals surface area contributed by atoms with E-state index < -0.39 is 5.97 Å². The first-order valence-electron chi connectivity index (χ1n) is 7.43. The molecule has 120 valence electrons. The number of carboxylic acids is 1. The van der Waals surface area contributed by atoms with Gasteiger partial charge in [0.25, 0.3) is 0 Å². The van der Waals surface area contributed by atoms with Gasteiger partial charge < -0.3 is 20.1 Å². The van der Waals surface area contributed by atoms with Crippen LogP contribution < -0.4 is 10.1 Å². The summed E-state index contributed by atoms with van der Waals surface area (Å²) in [7, 11) is 1.61. The Labute approximate surface area is 130 Å². The fraction of sp³-hybridized carbons (Fsp3) is 0.500. The van der Waals surface area contributed by atoms with E-state index in [0.717, 1.165) is 11.3 Å². The molecule has 0 radical (unpaired) electrons. The second kappa shape index (κ2) is 7.15. The van der Waals surface area contributed by atoms with Crippen LogP contribution in [0.2, 0.25) is 0 Å². The number of rotatable bonds is 4. The van der Waals surface area contributed by atoms with E-state index in [1.165, 1.54) is 0 Å². The molecule has 22 heavy (non-hydrogen) atoms. The molecule has 2 N–H and O–H groups in total. The highest BCUT2D eigenvalue weighted by Crippen LogP contribution is 2.20. The topological polar surface area (TPSA) is 78.9 Å². The molecule has 1 aromatic carbocycles. The van der Waals surface area contributed by atoms with Gasteiger partial charge in [-0.2, -0.15) is 0 Å². The molecule has 0 spiro atoms. The van der Waals surface area contributed by atoms with E-state index in [1.54, 1.807) is 12.0 Å². The second-order valence-corrected chi connectivity index (χ2v) is 5.54. The SMILES string of the molecule is COc1ccc(C(C)NC(=O)N2CCC(C(=O)O)CC2)cc1. The third kappa shape index (κ3) is 3.90. The molecule has 1 atom stereocenters. The molecule has 2 amide bonds. The van der Waals surface area contributed by atoms with E-state index in [2.05, 4.69) is 5.32 Å². The molecule has 0 saturated carbocycles. The summed E-state index contributed by atoms with van der Waals surface area (Å²) < 4.78 is 5.11. The predicted octanol–water partition coefficient (Wildman–Crippen LogP) is 2.26. The lowest BCUT2D eigenvalue weighted by Gasteiger charge is -2.31. The number of methoxy groups -OCH3 is 1. The fourth-order valence-corrected chi connectivity index (χ4v) is 2.58. The summed E-state index contributed by atoms with van der Waals surface area (Å²) in [4.78, 5) is 24.8. The zero-order valence-corrected chi connectivity index (χ0v) is 12.9. The van der Waals surface area contributed by atoms with Gasteiger partial charge >= 0.3 is 12.0 Å². The zero-order valence-electron chi connectivity index (χ0n) is 12.9. The molecule has 0 aromatic heterocycles. The van der Waals surface area contributed by atoms with Crippen molar-refractivity contribution in [1.82, 2.24) is 10.2 Å². The minimum Gasteiger partial charge on any atom is -0.497 e. The van der Waals surface area contributed by atoms with Crippen molar-refractivity contribution in [3.63, 3.8) is 0 Å². The Morgan fingerprint density at radius 2 is 1.86 bits per heavy atom. The van der Waals surface area contributed by atoms with Gasteiger partial charge in [0.15, 0.2) is 0 Å². The van der Waals surface area contributed by atoms with Crippen molar-refractivity contribution in [2.45, 2.75) is 25.8 Å². The van der Waals surface area contributed by atoms with Gasteiger partial charge in [-0.1, -0.05) is 12.1 Å². The van der Waals surface area contributed by atoms with Crippen molar-refractivity contribution in [3.8, 4) is 5.75 Å². The number of nitrogens with one attached hydrogen (secondary N) is 1. The monoisotopic (exact) mass is 306 g/mol. The smallest absolute Gasteiger partial charge is 0.317 e. The molecule has 1 heterocycles. The highest BCUT2D eigenvalue weighted by atomic mass is 16.5. The third-order valence-electron chi connectivity index (χ3n) is 4.09. The second-order valence-electron chi connectivity index (χ2n) is 5.54. The highest BCUT2D eigenvalue weighted by molar-refractivity contribution is 5.75. The molecule has 0 aliphatic carbocycles. The van der Waals surface area contributed by atoms with Crippen LogP contribution in [0.25, 0.3) is 0 Å². The Balaban J connectivity index is 1.87. The fourth-order valence-electron chi connectivity index (χ4n) is 2.58. The van der Waals surface area contributed by atoms with Crippen LogP contribution in [0.15, 0.2) is 24.3 Å². The Morgan fingerprint density at radius 1 is 1.27 bits per heavy atom. The van der Waals surface area contributed by atoms with Gasteiger partial charge in [0.1, 0.15) is 5.75 Å². The maximum Gasteiger partial charge on any atom is 0.317 e. The first kappa shape index (κ1) is 16.1. The number of amides is 2. The molecule has 1 aliphatic rings. The van der Waals surface area contributed by atoms with Gasteiger partial charge in [-0.05, 0) is 37.5 Å². The predicted molar refractivity (Wildman–Crippen MR) is 81.9 cm³/mol. The molecular weight excluding hydrogens is 284 g/mol. The maximum atomic E-state index is 12.2. The Bertz CT molecular complexity index is 521. The van der Waals surface area contributed by atoms with E-state index in [-0.39, 0.29) is 18.0 Å². The number of urea groups is 1. The lowest BCUT2D eigenvalue weighted by atomic mass is 9.97. The maximum absolute atomic E-state index is 12.2. The number of carbonyl (C=O) groups is 2. The minimum atomic E-state index is -0.772. The average molecular weight is 306 g/mol. The summed E-state index contributed by atoms with van der Waals surface area (Å²) in [6.45, 7) is 2.89. The zero-order chi connectivity index (χ0) is 16.1. The van der Waals surface area contributed by atoms with Gasteiger partial charge in [-0.15, -0.1) is 0 Å². The summed E-state index contributed by atoms with van der Waals surface area (Å²) in [5, 5.41) is 11.9. The number of piperidine rings is 1. The summed E-state index contributed by atoms with van der Waals surface area (Å²) >= 11 is 0. The summed E-state index contributed by atoms with van der Waals surface area (Å²) in [5.41, 5.74) is 0.995. The van der Waals surface area contributed by atoms with Crippen molar-refractivity contribution in [2.24, 2.45) is 5.92 Å². The highest BCUT2D eigenvalue weighted by Gasteiger charge is 2.27. The number of benzene rings is 1. The number of hydrogen-bond acceptors (Lipinski definition) is 3. The van der Waals surface area contributed by atoms with Crippen molar-refractivity contribution in [3.05, 3.63) is 29.8 Å². The first-order chi connectivity index (χ1) is 10.5. The van der Waals surface area contributed by atoms with E-state index >= 15 is 0 Å². The standard InChI is InChI=1S/C16H22N2O4/c1-11(12-3-5-14(22-2)6-4-12)17-16(21)18-9-7-13(8-10-18)15(19)20/h3-6,11,13H,7-10H2,1-2H3,(H,17,21)(H,19,20). The third-order valence-corrected chi connectivity index (χ3v) is 4.09. The van der Waals surface area contributed by atoms with Crippen molar-refractivity contribution in [2.75, 3.05) is 20.2 Å². The Morgan fingerprint density at radius 3 is 2.36 bits per heavy atom. The van der Waals surface area contributed by atoms with Gasteiger partial charge in [0, 0.05) is 13.1 Å². The summed E-state index contributed by atoms with van der Waals surface area (Å²) in [5.74, 6) is -0.326. The molecule has 1 fully saturated rings. The van der Waals surface area contributed by atoms with Gasteiger partial charge in [0.2, 0.25) is 0 Å². The number of nitrogens with zero attached hydrogens (tertiary/aromatic N) is 1. The van der Waals surface area contributed by atoms with Crippen LogP contribution in [0.5, 0.6) is 5.75 Å². The van der Waals surface area contributed by atoms with Crippen LogP contribution >= 0.6 is 0 Å². The quantitative estimate of drug-likeness (QED) is 0.894. The largest absolute Gasteiger partial charge is 0.497 e. The summed E-state index contributed by atoms with van der Waals surface area (Å²) in [6, 6.07) is 7.29. The van der Waals surface area contributed by atoms with Crippen LogP contribution in [0.4, 0.5) is 4.79 Å². The molecule has 2 rings (SSSR count). The van der Waals surface area contributed by atoms with E-state index in [9.17, 15) is 9.59 Å². The van der Waals surface area contributed by atoms with E-state index in [1.807, 2.05) is 31.2 Å². The van der Waals surface area contributed by atoms with E-state index in [4.69, 9.17) is 9.84 Å². The van der Waals surface area contributed by atoms with Crippen molar-refractivity contribution >= 4 is 12.0 Å². The van der Waals surface area contributed by atoms with Gasteiger partial charge in [-0.3, -0.25) is 4.79 Å². The number of carboxylic acid groups (broad SMARTS) is 1. The van der Waals surface area contributed by atoms with Crippen LogP contribution in [0.3, 0.4) is 0 Å². The molecule has 1 saturated heterocycles. The van der Waals surface area contributed by atoms with Crippen LogP contribution in [-0.2, 0) is 4.79 Å². The molecule has 6 heteroatoms. The normalized spacial score (nSPS) is 16.9. The summed E-state index contributed by atoms with van der Waals surface area (Å²) in [6.07, 6.45) is 1.03. The lowest BCUT2D eigenvalue weighted by molar-refractivity contribution is -0.143. The van der Waals surface area contributed by atoms with Gasteiger partial charge in [-0.25, -0.2) is 4.79 Å². The Kier molecular flexibility index (Phi) is 5.25. The minimum absolute atomic E-state index is 0.115. The Hall–Kier alpha value is -2.24. The van der Waals surface area contributed by atoms with E-state index in [0.29, 0.717) is 25.9 Å². The van der Waals surface area contributed by atoms with Crippen LogP contribution in [-0.4, -0.2) is 42.2 Å². The first-order valence-corrected chi connectivity index (χ1v) is 7.43. The number of ether oxygens (including phenoxy) is 1. The number of hydrogen-bond donors (Lipinski definition) is 2. The molecule has 1 aliphatic heterocycles. The number of aliphatic carboxylic acids is 1. The van der Waals surface area contributed by atoms with Crippen LogP contribution in [0.1, 0.15) is 31.4 Å². The molecule has 1 aromatic rings. The van der Waals surface area contributed by atoms with Gasteiger partial charge in [0.05, 0.1) is 19.1 Å². The average Bonchev–Trinajstić information content (AvgIpc) is 2.54. The number of likely N-dealkylation sites (tertiary alicyclic amines) is 1. The van der Waals surface area contributed by atoms with Crippen molar-refractivity contribution < 1.29 is 19.4 Å². The van der Waals surface area contributed by atoms with Crippen LogP contribution in [0, 0.1) is 5.92 Å². The van der Waals surface area contributed by atoms with Crippen molar-refractivity contribution in [1.29, 1.82) is 0 Å². The molecule has 0 bridgehead atoms. The number of carbonyl (C=O) groups excluding carboxylic acids is 1. The molecule has 1 unspecified atom stereocenters.